The van der Waals surface area contributed by atoms with E-state index in [4.69, 9.17) is 21.6 Å². The number of aromatic nitrogens is 4. The van der Waals surface area contributed by atoms with Crippen LogP contribution in [0.5, 0.6) is 0 Å². The molecule has 2 aromatic heterocycles. The first kappa shape index (κ1) is 15.1. The fraction of sp³-hybridized carbons (Fsp3) is 0.235. The molecule has 1 aliphatic rings. The highest BCUT2D eigenvalue weighted by Crippen LogP contribution is 2.26. The van der Waals surface area contributed by atoms with Crippen molar-refractivity contribution in [1.29, 1.82) is 0 Å². The van der Waals surface area contributed by atoms with Gasteiger partial charge in [0.05, 0.1) is 12.2 Å². The van der Waals surface area contributed by atoms with Gasteiger partial charge in [-0.15, -0.1) is 0 Å². The van der Waals surface area contributed by atoms with Crippen molar-refractivity contribution in [3.63, 3.8) is 0 Å². The molecule has 0 radical (unpaired) electrons. The topological polar surface area (TPSA) is 67.7 Å². The maximum absolute atomic E-state index is 5.97. The molecule has 122 valence electrons. The Hall–Kier alpha value is -2.44. The van der Waals surface area contributed by atoms with E-state index in [1.165, 1.54) is 0 Å². The molecular weight excluding hydrogens is 324 g/mol. The lowest BCUT2D eigenvalue weighted by atomic mass is 10.2. The highest BCUT2D eigenvalue weighted by Gasteiger charge is 2.19. The minimum Gasteiger partial charge on any atom is -0.368 e. The van der Waals surface area contributed by atoms with E-state index < -0.39 is 0 Å². The second kappa shape index (κ2) is 6.59. The molecule has 0 amide bonds. The molecule has 2 N–H and O–H groups in total. The number of nitrogens with zero attached hydrogens (tertiary/aromatic N) is 4. The molecule has 1 aliphatic heterocycles. The first-order chi connectivity index (χ1) is 11.8. The van der Waals surface area contributed by atoms with Crippen LogP contribution in [0.25, 0.3) is 11.4 Å². The van der Waals surface area contributed by atoms with E-state index in [0.717, 1.165) is 54.6 Å². The fourth-order valence-electron chi connectivity index (χ4n) is 2.76. The molecule has 0 saturated heterocycles. The van der Waals surface area contributed by atoms with Crippen molar-refractivity contribution in [3.05, 3.63) is 59.0 Å². The van der Waals surface area contributed by atoms with Gasteiger partial charge in [-0.25, -0.2) is 9.97 Å². The molecule has 0 bridgehead atoms. The molecular formula is C17H17ClN6. The summed E-state index contributed by atoms with van der Waals surface area (Å²) in [6.45, 7) is 3.10. The van der Waals surface area contributed by atoms with Crippen LogP contribution < -0.4 is 10.6 Å². The van der Waals surface area contributed by atoms with Crippen LogP contribution in [-0.4, -0.2) is 26.3 Å². The summed E-state index contributed by atoms with van der Waals surface area (Å²) in [5, 5.41) is 11.7. The van der Waals surface area contributed by atoms with Gasteiger partial charge in [0.2, 0.25) is 0 Å². The average molecular weight is 341 g/mol. The molecule has 7 heteroatoms. The number of nitrogens with one attached hydrogen (secondary N) is 2. The van der Waals surface area contributed by atoms with Gasteiger partial charge in [-0.2, -0.15) is 5.10 Å². The Morgan fingerprint density at radius 3 is 2.83 bits per heavy atom. The van der Waals surface area contributed by atoms with Crippen LogP contribution in [0.4, 0.5) is 5.82 Å². The third-order valence-corrected chi connectivity index (χ3v) is 4.23. The first-order valence-electron chi connectivity index (χ1n) is 7.87. The number of rotatable bonds is 5. The average Bonchev–Trinajstić information content (AvgIpc) is 3.26. The molecule has 0 fully saturated rings. The van der Waals surface area contributed by atoms with Crippen molar-refractivity contribution >= 4 is 17.4 Å². The van der Waals surface area contributed by atoms with Crippen molar-refractivity contribution in [2.24, 2.45) is 0 Å². The quantitative estimate of drug-likeness (QED) is 0.747. The van der Waals surface area contributed by atoms with Crippen LogP contribution in [0.3, 0.4) is 0 Å². The Balaban J connectivity index is 1.59. The van der Waals surface area contributed by atoms with Crippen LogP contribution in [0.1, 0.15) is 11.3 Å². The molecule has 3 aromatic rings. The van der Waals surface area contributed by atoms with E-state index in [1.807, 2.05) is 41.2 Å². The molecule has 0 atom stereocenters. The van der Waals surface area contributed by atoms with Gasteiger partial charge >= 0.3 is 0 Å². The molecule has 0 saturated carbocycles. The molecule has 6 nitrogen and oxygen atoms in total. The maximum atomic E-state index is 5.97. The van der Waals surface area contributed by atoms with Gasteiger partial charge in [0.15, 0.2) is 5.82 Å². The largest absolute Gasteiger partial charge is 0.368 e. The number of hydrogen-bond donors (Lipinski definition) is 2. The smallest absolute Gasteiger partial charge is 0.161 e. The Kier molecular flexibility index (Phi) is 4.15. The van der Waals surface area contributed by atoms with Gasteiger partial charge in [0.1, 0.15) is 5.82 Å². The molecule has 0 aliphatic carbocycles. The van der Waals surface area contributed by atoms with E-state index in [2.05, 4.69) is 15.7 Å². The number of hydrogen-bond acceptors (Lipinski definition) is 5. The summed E-state index contributed by atoms with van der Waals surface area (Å²) in [5.74, 6) is 1.61. The summed E-state index contributed by atoms with van der Waals surface area (Å²) in [5.41, 5.74) is 3.16. The molecule has 24 heavy (non-hydrogen) atoms. The number of halogens is 1. The van der Waals surface area contributed by atoms with E-state index in [-0.39, 0.29) is 0 Å². The highest BCUT2D eigenvalue weighted by atomic mass is 35.5. The van der Waals surface area contributed by atoms with Crippen LogP contribution >= 0.6 is 11.6 Å². The second-order valence-electron chi connectivity index (χ2n) is 5.63. The normalized spacial score (nSPS) is 13.0. The predicted molar refractivity (Wildman–Crippen MR) is 93.7 cm³/mol. The van der Waals surface area contributed by atoms with Crippen molar-refractivity contribution in [2.45, 2.75) is 19.6 Å². The lowest BCUT2D eigenvalue weighted by molar-refractivity contribution is 0.636. The third kappa shape index (κ3) is 3.11. The monoisotopic (exact) mass is 340 g/mol. The van der Waals surface area contributed by atoms with E-state index >= 15 is 0 Å². The zero-order chi connectivity index (χ0) is 16.4. The highest BCUT2D eigenvalue weighted by molar-refractivity contribution is 6.30. The lowest BCUT2D eigenvalue weighted by Crippen LogP contribution is -2.14. The van der Waals surface area contributed by atoms with E-state index in [0.29, 0.717) is 5.02 Å². The minimum absolute atomic E-state index is 0.708. The lowest BCUT2D eigenvalue weighted by Gasteiger charge is -2.12. The van der Waals surface area contributed by atoms with Crippen LogP contribution in [0, 0.1) is 0 Å². The summed E-state index contributed by atoms with van der Waals surface area (Å²) in [7, 11) is 0. The maximum Gasteiger partial charge on any atom is 0.161 e. The van der Waals surface area contributed by atoms with Crippen molar-refractivity contribution in [1.82, 2.24) is 25.1 Å². The molecule has 1 aromatic carbocycles. The molecule has 0 unspecified atom stereocenters. The van der Waals surface area contributed by atoms with Gasteiger partial charge in [0, 0.05) is 48.2 Å². The number of fused-ring (bicyclic) bond motifs is 1. The minimum atomic E-state index is 0.708. The summed E-state index contributed by atoms with van der Waals surface area (Å²) in [6, 6.07) is 9.53. The summed E-state index contributed by atoms with van der Waals surface area (Å²) in [4.78, 5) is 9.43. The Labute approximate surface area is 144 Å². The number of anilines is 1. The summed E-state index contributed by atoms with van der Waals surface area (Å²) in [6.07, 6.45) is 3.73. The molecule has 0 spiro atoms. The van der Waals surface area contributed by atoms with Gasteiger partial charge in [0.25, 0.3) is 0 Å². The van der Waals surface area contributed by atoms with Crippen molar-refractivity contribution in [3.8, 4) is 11.4 Å². The van der Waals surface area contributed by atoms with Crippen molar-refractivity contribution in [2.75, 3.05) is 11.9 Å². The first-order valence-corrected chi connectivity index (χ1v) is 8.25. The zero-order valence-electron chi connectivity index (χ0n) is 13.0. The predicted octanol–water partition coefficient (Wildman–Crippen LogP) is 2.71. The Bertz CT molecular complexity index is 829. The van der Waals surface area contributed by atoms with Gasteiger partial charge in [-0.05, 0) is 30.3 Å². The Morgan fingerprint density at radius 1 is 1.17 bits per heavy atom. The Morgan fingerprint density at radius 2 is 2.04 bits per heavy atom. The standard InChI is InChI=1S/C17H17ClN6/c18-13-4-2-12(3-5-13)16-22-15-11-19-10-14(15)17(23-16)20-7-9-24-8-1-6-21-24/h1-6,8,19H,7,9-11H2,(H,20,22,23). The van der Waals surface area contributed by atoms with Gasteiger partial charge < -0.3 is 10.6 Å². The van der Waals surface area contributed by atoms with Gasteiger partial charge in [-0.3, -0.25) is 4.68 Å². The van der Waals surface area contributed by atoms with Crippen molar-refractivity contribution < 1.29 is 0 Å². The summed E-state index contributed by atoms with van der Waals surface area (Å²) >= 11 is 5.97. The fourth-order valence-corrected chi connectivity index (χ4v) is 2.89. The van der Waals surface area contributed by atoms with Crippen LogP contribution in [-0.2, 0) is 19.6 Å². The number of benzene rings is 1. The SMILES string of the molecule is Clc1ccc(-c2nc3c(c(NCCn4cccn4)n2)CNC3)cc1. The van der Waals surface area contributed by atoms with Crippen LogP contribution in [0.15, 0.2) is 42.7 Å². The van der Waals surface area contributed by atoms with Crippen LogP contribution in [0.2, 0.25) is 5.02 Å². The molecule has 3 heterocycles. The van der Waals surface area contributed by atoms with Gasteiger partial charge in [-0.1, -0.05) is 11.6 Å². The second-order valence-corrected chi connectivity index (χ2v) is 6.06. The third-order valence-electron chi connectivity index (χ3n) is 3.98. The zero-order valence-corrected chi connectivity index (χ0v) is 13.8. The van der Waals surface area contributed by atoms with E-state index in [9.17, 15) is 0 Å². The molecule has 4 rings (SSSR count). The van der Waals surface area contributed by atoms with E-state index in [1.54, 1.807) is 6.20 Å². The summed E-state index contributed by atoms with van der Waals surface area (Å²) < 4.78 is 1.90.